The van der Waals surface area contributed by atoms with Crippen molar-refractivity contribution in [3.8, 4) is 17.1 Å². The maximum atomic E-state index is 13.8. The average molecular weight is 523 g/mol. The van der Waals surface area contributed by atoms with Crippen molar-refractivity contribution in [3.63, 3.8) is 0 Å². The number of fused-ring (bicyclic) bond motifs is 3. The summed E-state index contributed by atoms with van der Waals surface area (Å²) in [5.41, 5.74) is 2.33. The predicted octanol–water partition coefficient (Wildman–Crippen LogP) is 1.81. The normalized spacial score (nSPS) is 26.0. The Kier molecular flexibility index (Phi) is 5.67. The second-order valence-corrected chi connectivity index (χ2v) is 9.88. The minimum absolute atomic E-state index is 0.0470. The maximum Gasteiger partial charge on any atom is 0.256 e. The smallest absolute Gasteiger partial charge is 0.256 e. The molecule has 38 heavy (non-hydrogen) atoms. The number of nitrogens with two attached hydrogens (primary N) is 1. The summed E-state index contributed by atoms with van der Waals surface area (Å²) in [6, 6.07) is 4.68. The molecule has 0 spiro atoms. The Bertz CT molecular complexity index is 1510. The number of phenolic OH excluding ortho intramolecular Hbond substituents is 1. The van der Waals surface area contributed by atoms with Crippen molar-refractivity contribution < 1.29 is 44.2 Å². The fraction of sp³-hybridized carbons (Fsp3) is 0.346. The molecule has 1 aromatic carbocycles. The Morgan fingerprint density at radius 3 is 2.53 bits per heavy atom. The van der Waals surface area contributed by atoms with Gasteiger partial charge in [0.1, 0.15) is 29.9 Å². The number of benzene rings is 1. The van der Waals surface area contributed by atoms with Crippen LogP contribution in [0.3, 0.4) is 0 Å². The van der Waals surface area contributed by atoms with Gasteiger partial charge in [-0.2, -0.15) is 0 Å². The van der Waals surface area contributed by atoms with E-state index in [1.165, 1.54) is 6.07 Å². The lowest BCUT2D eigenvalue weighted by Crippen LogP contribution is -2.64. The van der Waals surface area contributed by atoms with E-state index in [2.05, 4.69) is 10.3 Å². The van der Waals surface area contributed by atoms with Gasteiger partial charge in [-0.1, -0.05) is 24.2 Å². The Balaban J connectivity index is 1.71. The third-order valence-corrected chi connectivity index (χ3v) is 7.46. The first-order valence-electron chi connectivity index (χ1n) is 11.8. The number of Topliss-reactive ketones (excluding diaryl/α,β-unsaturated/α-hetero) is 2. The number of allylic oxidation sites excluding steroid dienone is 1. The van der Waals surface area contributed by atoms with Crippen LogP contribution in [-0.4, -0.2) is 61.5 Å². The number of aromatic nitrogens is 1. The first kappa shape index (κ1) is 25.2. The Labute approximate surface area is 215 Å². The highest BCUT2D eigenvalue weighted by Crippen LogP contribution is 2.52. The number of ketones is 2. The van der Waals surface area contributed by atoms with E-state index in [-0.39, 0.29) is 35.6 Å². The van der Waals surface area contributed by atoms with Crippen molar-refractivity contribution in [1.29, 1.82) is 0 Å². The van der Waals surface area contributed by atoms with Gasteiger partial charge in [-0.3, -0.25) is 14.4 Å². The van der Waals surface area contributed by atoms with E-state index in [0.717, 1.165) is 7.11 Å². The highest BCUT2D eigenvalue weighted by atomic mass is 16.6. The molecule has 0 radical (unpaired) electrons. The van der Waals surface area contributed by atoms with Crippen LogP contribution in [0, 0.1) is 11.8 Å². The van der Waals surface area contributed by atoms with Crippen LogP contribution in [0.5, 0.6) is 5.75 Å². The number of primary amides is 1. The zero-order chi connectivity index (χ0) is 27.7. The molecule has 1 amide bonds. The van der Waals surface area contributed by atoms with Crippen LogP contribution in [0.25, 0.3) is 17.1 Å². The van der Waals surface area contributed by atoms with Crippen molar-refractivity contribution in [2.45, 2.75) is 38.2 Å². The number of rotatable bonds is 4. The third kappa shape index (κ3) is 3.29. The number of aliphatic hydroxyl groups excluding tert-OH is 2. The minimum atomic E-state index is -2.89. The Hall–Kier alpha value is -4.45. The molecule has 1 aromatic heterocycles. The molecule has 3 aliphatic carbocycles. The van der Waals surface area contributed by atoms with Gasteiger partial charge in [0, 0.05) is 17.2 Å². The highest BCUT2D eigenvalue weighted by molar-refractivity contribution is 6.38. The van der Waals surface area contributed by atoms with Crippen LogP contribution in [0.1, 0.15) is 43.0 Å². The molecule has 6 N–H and O–H groups in total. The molecular weight excluding hydrogens is 498 g/mol. The van der Waals surface area contributed by atoms with Crippen LogP contribution in [0.4, 0.5) is 0 Å². The minimum Gasteiger partial charge on any atom is -0.507 e. The van der Waals surface area contributed by atoms with Crippen molar-refractivity contribution in [2.75, 3.05) is 7.11 Å². The number of phenols is 1. The zero-order valence-corrected chi connectivity index (χ0v) is 20.7. The summed E-state index contributed by atoms with van der Waals surface area (Å²) < 4.78 is 5.52. The lowest BCUT2D eigenvalue weighted by atomic mass is 9.58. The van der Waals surface area contributed by atoms with Crippen LogP contribution in [0.15, 0.2) is 44.8 Å². The van der Waals surface area contributed by atoms with Crippen LogP contribution >= 0.6 is 0 Å². The second kappa shape index (κ2) is 8.55. The van der Waals surface area contributed by atoms with Gasteiger partial charge < -0.3 is 35.5 Å². The molecule has 1 heterocycles. The van der Waals surface area contributed by atoms with Crippen LogP contribution < -0.4 is 5.73 Å². The molecule has 2 aromatic rings. The van der Waals surface area contributed by atoms with Crippen molar-refractivity contribution in [1.82, 2.24) is 5.16 Å². The number of hydrogen-bond acceptors (Lipinski definition) is 11. The zero-order valence-electron chi connectivity index (χ0n) is 20.7. The summed E-state index contributed by atoms with van der Waals surface area (Å²) in [5.74, 6) is -7.51. The van der Waals surface area contributed by atoms with E-state index in [1.807, 2.05) is 13.8 Å². The van der Waals surface area contributed by atoms with Gasteiger partial charge in [0.05, 0.1) is 17.2 Å². The fourth-order valence-electron chi connectivity index (χ4n) is 5.62. The summed E-state index contributed by atoms with van der Waals surface area (Å²) >= 11 is 0. The van der Waals surface area contributed by atoms with E-state index in [4.69, 9.17) is 15.1 Å². The molecule has 2 unspecified atom stereocenters. The SMILES string of the molecule is CO/N=C1\C(O)=C(C(N)=O)C(=O)[C@@]2(O)C(=O)C3=C(O)c4c(O)ccc(-c5cc(C(C)C)no5)c4CC3CC12. The van der Waals surface area contributed by atoms with Gasteiger partial charge in [0.25, 0.3) is 5.91 Å². The summed E-state index contributed by atoms with van der Waals surface area (Å²) in [4.78, 5) is 43.7. The Morgan fingerprint density at radius 1 is 1.21 bits per heavy atom. The Morgan fingerprint density at radius 2 is 1.92 bits per heavy atom. The highest BCUT2D eigenvalue weighted by Gasteiger charge is 2.64. The molecular formula is C26H25N3O9. The number of carbonyl (C=O) groups excluding carboxylic acids is 3. The molecule has 12 nitrogen and oxygen atoms in total. The predicted molar refractivity (Wildman–Crippen MR) is 131 cm³/mol. The molecule has 0 saturated heterocycles. The summed E-state index contributed by atoms with van der Waals surface area (Å²) in [6.07, 6.45) is -0.0516. The molecule has 1 saturated carbocycles. The lowest BCUT2D eigenvalue weighted by Gasteiger charge is -2.45. The largest absolute Gasteiger partial charge is 0.507 e. The fourth-order valence-corrected chi connectivity index (χ4v) is 5.62. The molecule has 12 heteroatoms. The van der Waals surface area contributed by atoms with Crippen molar-refractivity contribution in [2.24, 2.45) is 22.7 Å². The second-order valence-electron chi connectivity index (χ2n) is 9.88. The molecule has 3 aliphatic rings. The molecule has 1 fully saturated rings. The molecule has 0 aliphatic heterocycles. The number of hydrogen-bond donors (Lipinski definition) is 5. The van der Waals surface area contributed by atoms with E-state index >= 15 is 0 Å². The van der Waals surface area contributed by atoms with Crippen LogP contribution in [0.2, 0.25) is 0 Å². The van der Waals surface area contributed by atoms with Gasteiger partial charge in [-0.05, 0) is 42.4 Å². The number of nitrogens with zero attached hydrogens (tertiary/aromatic N) is 2. The average Bonchev–Trinajstić information content (AvgIpc) is 3.34. The molecule has 3 atom stereocenters. The monoisotopic (exact) mass is 523 g/mol. The maximum absolute atomic E-state index is 13.8. The number of aromatic hydroxyl groups is 1. The van der Waals surface area contributed by atoms with Crippen molar-refractivity contribution in [3.05, 3.63) is 51.9 Å². The van der Waals surface area contributed by atoms with E-state index in [1.54, 1.807) is 12.1 Å². The van der Waals surface area contributed by atoms with Crippen molar-refractivity contribution >= 4 is 28.9 Å². The van der Waals surface area contributed by atoms with Crippen LogP contribution in [-0.2, 0) is 25.6 Å². The lowest BCUT2D eigenvalue weighted by molar-refractivity contribution is -0.153. The molecule has 5 rings (SSSR count). The quantitative estimate of drug-likeness (QED) is 0.223. The summed E-state index contributed by atoms with van der Waals surface area (Å²) in [6.45, 7) is 3.89. The molecule has 0 bridgehead atoms. The standard InChI is InChI=1S/C26H25N3O9/c1-9(2)14-8-16(38-28-14)11-4-5-15(30)18-12(11)6-10-7-13-20(29-37-3)22(32)19(25(27)35)24(34)26(13,36)23(33)17(10)21(18)31/h4-5,8-10,13,30-32,36H,6-7H2,1-3H3,(H2,27,35)/b29-20-/t10?,13?,26-/m0/s1. The van der Waals surface area contributed by atoms with Gasteiger partial charge in [0.2, 0.25) is 11.6 Å². The first-order chi connectivity index (χ1) is 17.9. The van der Waals surface area contributed by atoms with Gasteiger partial charge >= 0.3 is 0 Å². The summed E-state index contributed by atoms with van der Waals surface area (Å²) in [7, 11) is 1.15. The van der Waals surface area contributed by atoms with E-state index in [0.29, 0.717) is 22.6 Å². The third-order valence-electron chi connectivity index (χ3n) is 7.46. The number of oxime groups is 1. The summed E-state index contributed by atoms with van der Waals surface area (Å²) in [5, 5.41) is 51.8. The van der Waals surface area contributed by atoms with Gasteiger partial charge in [0.15, 0.2) is 17.1 Å². The van der Waals surface area contributed by atoms with E-state index in [9.17, 15) is 34.8 Å². The van der Waals surface area contributed by atoms with Gasteiger partial charge in [-0.15, -0.1) is 0 Å². The first-order valence-corrected chi connectivity index (χ1v) is 11.8. The number of carbonyl (C=O) groups is 3. The van der Waals surface area contributed by atoms with E-state index < -0.39 is 57.7 Å². The number of amides is 1. The molecule has 198 valence electrons. The number of aliphatic hydroxyl groups is 3. The van der Waals surface area contributed by atoms with Gasteiger partial charge in [-0.25, -0.2) is 0 Å². The topological polar surface area (TPSA) is 206 Å².